The summed E-state index contributed by atoms with van der Waals surface area (Å²) in [4.78, 5) is 51.3. The molecular formula is CO8P2Zn. The molecule has 0 aromatic rings. The molecule has 0 aliphatic carbocycles. The van der Waals surface area contributed by atoms with Crippen molar-refractivity contribution in [1.82, 2.24) is 0 Å². The normalized spacial score (nSPS) is 9.83. The van der Waals surface area contributed by atoms with Crippen LogP contribution in [0.5, 0.6) is 0 Å². The molecule has 0 saturated carbocycles. The van der Waals surface area contributed by atoms with Crippen molar-refractivity contribution in [3.63, 3.8) is 0 Å². The maximum atomic E-state index is 8.55. The third-order valence-corrected chi connectivity index (χ3v) is 0. The zero-order valence-electron chi connectivity index (χ0n) is 5.37. The molecule has 0 saturated heterocycles. The minimum atomic E-state index is -5.39. The molecule has 0 aliphatic rings. The van der Waals surface area contributed by atoms with E-state index < -0.39 is 15.6 Å². The van der Waals surface area contributed by atoms with Crippen LogP contribution in [-0.4, -0.2) is 0 Å². The minimum Gasteiger partial charge on any atom is -0.822 e. The van der Waals surface area contributed by atoms with E-state index >= 15 is 0 Å². The molecule has 8 nitrogen and oxygen atoms in total. The average molecular weight is 267 g/mol. The van der Waals surface area contributed by atoms with Gasteiger partial charge < -0.3 is 38.5 Å². The topological polar surface area (TPSA) is 172 Å². The molecule has 12 heavy (non-hydrogen) atoms. The van der Waals surface area contributed by atoms with E-state index in [1.165, 1.54) is 0 Å². The van der Waals surface area contributed by atoms with Gasteiger partial charge in [0.15, 0.2) is 0 Å². The molecule has 0 aliphatic heterocycles. The molecule has 0 fully saturated rings. The van der Waals surface area contributed by atoms with Crippen molar-refractivity contribution in [2.45, 2.75) is 0 Å². The molecule has 0 heterocycles. The summed E-state index contributed by atoms with van der Waals surface area (Å²) >= 11 is 0. The fourth-order valence-electron chi connectivity index (χ4n) is 0. The van der Waals surface area contributed by atoms with Crippen LogP contribution in [0.25, 0.3) is 0 Å². The van der Waals surface area contributed by atoms with Crippen molar-refractivity contribution in [2.24, 2.45) is 0 Å². The Bertz CT molecular complexity index is 129. The molecule has 0 spiro atoms. The van der Waals surface area contributed by atoms with Gasteiger partial charge in [0.25, 0.3) is 0 Å². The van der Waals surface area contributed by atoms with Crippen molar-refractivity contribution in [2.75, 3.05) is 0 Å². The summed E-state index contributed by atoms with van der Waals surface area (Å²) < 4.78 is 17.1. The zero-order chi connectivity index (χ0) is 9.00. The van der Waals surface area contributed by atoms with Crippen molar-refractivity contribution >= 4 is 15.6 Å². The van der Waals surface area contributed by atoms with E-state index in [1.807, 2.05) is 0 Å². The van der Waals surface area contributed by atoms with Gasteiger partial charge in [0.05, 0.1) is 0 Å². The molecule has 0 radical (unpaired) electrons. The predicted molar refractivity (Wildman–Crippen MR) is 18.5 cm³/mol. The molecule has 11 heteroatoms. The van der Waals surface area contributed by atoms with Gasteiger partial charge in [-0.3, -0.25) is 0 Å². The van der Waals surface area contributed by atoms with Crippen LogP contribution in [0.4, 0.5) is 0 Å². The monoisotopic (exact) mass is 266 g/mol. The van der Waals surface area contributed by atoms with Crippen LogP contribution in [-0.2, 0) is 28.6 Å². The van der Waals surface area contributed by atoms with Gasteiger partial charge in [-0.1, -0.05) is 0 Å². The van der Waals surface area contributed by atoms with Crippen LogP contribution < -0.4 is 29.4 Å². The first kappa shape index (κ1) is 23.0. The van der Waals surface area contributed by atoms with Crippen molar-refractivity contribution in [1.29, 1.82) is 0 Å². The SMILES string of the molecule is O=P([O-])([O-])[O-].O=P([O-])([O-])[O-].[C+4].[Zn+2]. The van der Waals surface area contributed by atoms with Gasteiger partial charge in [0, 0.05) is 0 Å². The van der Waals surface area contributed by atoms with Crippen LogP contribution in [0.15, 0.2) is 0 Å². The fraction of sp³-hybridized carbons (Fsp3) is 0. The Labute approximate surface area is 81.5 Å². The molecule has 0 aromatic carbocycles. The van der Waals surface area contributed by atoms with Gasteiger partial charge in [-0.15, -0.1) is 0 Å². The van der Waals surface area contributed by atoms with Gasteiger partial charge in [0.1, 0.15) is 0 Å². The Morgan fingerprint density at radius 1 is 0.667 bits per heavy atom. The molecule has 0 bridgehead atoms. The molecule has 0 rings (SSSR count). The van der Waals surface area contributed by atoms with E-state index in [0.717, 1.165) is 0 Å². The molecule has 0 amide bonds. The number of hydrogen-bond donors (Lipinski definition) is 0. The van der Waals surface area contributed by atoms with Gasteiger partial charge in [-0.05, 0) is 0 Å². The largest absolute Gasteiger partial charge is 4.00 e. The van der Waals surface area contributed by atoms with Gasteiger partial charge in [0.2, 0.25) is 0 Å². The first-order valence-corrected chi connectivity index (χ1v) is 4.38. The van der Waals surface area contributed by atoms with Crippen molar-refractivity contribution in [3.8, 4) is 0 Å². The average Bonchev–Trinajstić information content (AvgIpc) is 1.12. The van der Waals surface area contributed by atoms with Crippen LogP contribution in [0.1, 0.15) is 0 Å². The third-order valence-electron chi connectivity index (χ3n) is 0. The third kappa shape index (κ3) is 1480. The van der Waals surface area contributed by atoms with E-state index in [9.17, 15) is 0 Å². The summed E-state index contributed by atoms with van der Waals surface area (Å²) in [5.41, 5.74) is 0. The fourth-order valence-corrected chi connectivity index (χ4v) is 0. The van der Waals surface area contributed by atoms with Crippen molar-refractivity contribution in [3.05, 3.63) is 7.43 Å². The standard InChI is InChI=1S/C.2H3O4P.Zn/c;2*1-5(2,3)4;/h;2*(H3,1,2,3,4);/q+4;;;+2/p-6. The summed E-state index contributed by atoms with van der Waals surface area (Å²) in [6, 6.07) is 0. The van der Waals surface area contributed by atoms with Gasteiger partial charge in [-0.25, -0.2) is 0 Å². The molecular weight excluding hydrogens is 267 g/mol. The molecule has 64 valence electrons. The minimum absolute atomic E-state index is 0. The quantitative estimate of drug-likeness (QED) is 0.308. The Hall–Kier alpha value is 0.843. The van der Waals surface area contributed by atoms with Gasteiger partial charge >= 0.3 is 26.9 Å². The van der Waals surface area contributed by atoms with Gasteiger partial charge in [-0.2, -0.15) is 15.6 Å². The number of hydrogen-bond acceptors (Lipinski definition) is 8. The van der Waals surface area contributed by atoms with E-state index in [1.54, 1.807) is 0 Å². The molecule has 0 N–H and O–H groups in total. The van der Waals surface area contributed by atoms with Crippen LogP contribution in [0.2, 0.25) is 0 Å². The summed E-state index contributed by atoms with van der Waals surface area (Å²) in [6.07, 6.45) is 0. The second-order valence-corrected chi connectivity index (χ2v) is 2.68. The van der Waals surface area contributed by atoms with E-state index in [-0.39, 0.29) is 26.9 Å². The first-order valence-electron chi connectivity index (χ1n) is 1.46. The van der Waals surface area contributed by atoms with Crippen LogP contribution in [0.3, 0.4) is 0 Å². The van der Waals surface area contributed by atoms with E-state index in [0.29, 0.717) is 0 Å². The zero-order valence-corrected chi connectivity index (χ0v) is 10.1. The maximum Gasteiger partial charge on any atom is 4.00 e. The smallest absolute Gasteiger partial charge is 0.822 e. The Balaban J connectivity index is -0.0000000457. The molecule has 0 unspecified atom stereocenters. The van der Waals surface area contributed by atoms with Crippen LogP contribution in [0, 0.1) is 7.43 Å². The Kier molecular flexibility index (Phi) is 16.2. The summed E-state index contributed by atoms with van der Waals surface area (Å²) in [5.74, 6) is 0. The van der Waals surface area contributed by atoms with E-state index in [2.05, 4.69) is 0 Å². The summed E-state index contributed by atoms with van der Waals surface area (Å²) in [6.45, 7) is 0. The molecule has 0 aromatic heterocycles. The van der Waals surface area contributed by atoms with Crippen molar-refractivity contribution < 1.29 is 58.0 Å². The summed E-state index contributed by atoms with van der Waals surface area (Å²) in [5, 5.41) is 0. The second-order valence-electron chi connectivity index (χ2n) is 0.894. The Morgan fingerprint density at radius 3 is 0.667 bits per heavy atom. The summed E-state index contributed by atoms with van der Waals surface area (Å²) in [7, 11) is -10.8. The van der Waals surface area contributed by atoms with Crippen LogP contribution >= 0.6 is 15.6 Å². The predicted octanol–water partition coefficient (Wildman–Crippen LogP) is -5.57. The number of phosphoric acid groups is 2. The van der Waals surface area contributed by atoms with E-state index in [4.69, 9.17) is 38.5 Å². The second kappa shape index (κ2) is 8.44. The Morgan fingerprint density at radius 2 is 0.667 bits per heavy atom. The molecule has 0 atom stereocenters. The first-order chi connectivity index (χ1) is 4.00. The maximum absolute atomic E-state index is 8.55. The number of rotatable bonds is 0.